The third kappa shape index (κ3) is 4.24. The van der Waals surface area contributed by atoms with Crippen LogP contribution in [0.3, 0.4) is 0 Å². The first kappa shape index (κ1) is 16.7. The maximum absolute atomic E-state index is 6.16. The maximum Gasteiger partial charge on any atom is 0.150 e. The van der Waals surface area contributed by atoms with Gasteiger partial charge in [-0.25, -0.2) is 0 Å². The summed E-state index contributed by atoms with van der Waals surface area (Å²) in [5, 5.41) is 12.2. The molecule has 0 saturated heterocycles. The zero-order chi connectivity index (χ0) is 16.9. The van der Waals surface area contributed by atoms with Gasteiger partial charge in [-0.15, -0.1) is 11.6 Å². The summed E-state index contributed by atoms with van der Waals surface area (Å²) >= 11 is 6.16. The molecule has 128 valence electrons. The van der Waals surface area contributed by atoms with Crippen molar-refractivity contribution < 1.29 is 9.05 Å². The minimum Gasteiger partial charge on any atom is -0.360 e. The van der Waals surface area contributed by atoms with Gasteiger partial charge in [-0.1, -0.05) is 10.3 Å². The van der Waals surface area contributed by atoms with E-state index in [2.05, 4.69) is 20.3 Å². The quantitative estimate of drug-likeness (QED) is 0.582. The van der Waals surface area contributed by atoms with Crippen molar-refractivity contribution in [3.63, 3.8) is 0 Å². The molecule has 0 aliphatic rings. The summed E-state index contributed by atoms with van der Waals surface area (Å²) in [6.07, 6.45) is 3.67. The van der Waals surface area contributed by atoms with Gasteiger partial charge in [0.1, 0.15) is 0 Å². The van der Waals surface area contributed by atoms with Gasteiger partial charge in [-0.2, -0.15) is 5.10 Å². The summed E-state index contributed by atoms with van der Waals surface area (Å²) in [6.45, 7) is 5.72. The fourth-order valence-corrected chi connectivity index (χ4v) is 2.84. The van der Waals surface area contributed by atoms with Crippen LogP contribution in [0, 0.1) is 13.8 Å². The molecule has 0 aliphatic carbocycles. The van der Waals surface area contributed by atoms with Crippen LogP contribution in [0.15, 0.2) is 39.6 Å². The Kier molecular flexibility index (Phi) is 5.32. The van der Waals surface area contributed by atoms with Crippen molar-refractivity contribution in [2.75, 3.05) is 12.4 Å². The fourth-order valence-electron chi connectivity index (χ4n) is 2.61. The van der Waals surface area contributed by atoms with Crippen LogP contribution in [0.1, 0.15) is 29.0 Å². The van der Waals surface area contributed by atoms with E-state index in [1.807, 2.05) is 42.9 Å². The SMILES string of the molecule is Cc1cc(CN(Cc2cc(C)no2)CC(CCl)n2cccn2)on1. The molecule has 0 spiro atoms. The molecule has 0 bridgehead atoms. The molecule has 8 heteroatoms. The Bertz CT molecular complexity index is 710. The smallest absolute Gasteiger partial charge is 0.150 e. The first-order valence-corrected chi connectivity index (χ1v) is 8.29. The number of alkyl halides is 1. The number of hydrogen-bond donors (Lipinski definition) is 0. The molecular formula is C16H20ClN5O2. The molecule has 24 heavy (non-hydrogen) atoms. The number of aromatic nitrogens is 4. The minimum atomic E-state index is 0.0507. The third-order valence-electron chi connectivity index (χ3n) is 3.66. The second kappa shape index (κ2) is 7.63. The average Bonchev–Trinajstić information content (AvgIpc) is 3.28. The molecule has 1 unspecified atom stereocenters. The molecule has 0 radical (unpaired) electrons. The molecule has 7 nitrogen and oxygen atoms in total. The fraction of sp³-hybridized carbons (Fsp3) is 0.438. The molecule has 3 aromatic rings. The largest absolute Gasteiger partial charge is 0.360 e. The zero-order valence-electron chi connectivity index (χ0n) is 13.7. The number of halogens is 1. The molecular weight excluding hydrogens is 330 g/mol. The number of hydrogen-bond acceptors (Lipinski definition) is 6. The van der Waals surface area contributed by atoms with E-state index in [4.69, 9.17) is 20.6 Å². The van der Waals surface area contributed by atoms with Crippen molar-refractivity contribution in [1.29, 1.82) is 0 Å². The van der Waals surface area contributed by atoms with E-state index >= 15 is 0 Å². The predicted molar refractivity (Wildman–Crippen MR) is 88.6 cm³/mol. The standard InChI is InChI=1S/C16H20ClN5O2/c1-12-6-15(23-19-12)10-21(11-16-7-13(2)20-24-16)9-14(8-17)22-5-3-4-18-22/h3-7,14H,8-11H2,1-2H3. The van der Waals surface area contributed by atoms with Crippen molar-refractivity contribution in [2.24, 2.45) is 0 Å². The van der Waals surface area contributed by atoms with Crippen LogP contribution in [0.2, 0.25) is 0 Å². The number of rotatable bonds is 8. The molecule has 0 saturated carbocycles. The Morgan fingerprint density at radius 2 is 1.75 bits per heavy atom. The normalized spacial score (nSPS) is 12.8. The molecule has 1 atom stereocenters. The second-order valence-electron chi connectivity index (χ2n) is 5.83. The van der Waals surface area contributed by atoms with E-state index in [1.54, 1.807) is 6.20 Å². The van der Waals surface area contributed by atoms with Crippen molar-refractivity contribution in [1.82, 2.24) is 25.0 Å². The highest BCUT2D eigenvalue weighted by molar-refractivity contribution is 6.18. The molecule has 0 aromatic carbocycles. The number of nitrogens with zero attached hydrogens (tertiary/aromatic N) is 5. The van der Waals surface area contributed by atoms with Crippen LogP contribution < -0.4 is 0 Å². The van der Waals surface area contributed by atoms with Crippen molar-refractivity contribution >= 4 is 11.6 Å². The van der Waals surface area contributed by atoms with Gasteiger partial charge >= 0.3 is 0 Å². The molecule has 0 aliphatic heterocycles. The molecule has 0 amide bonds. The monoisotopic (exact) mass is 349 g/mol. The van der Waals surface area contributed by atoms with Crippen LogP contribution >= 0.6 is 11.6 Å². The molecule has 3 rings (SSSR count). The summed E-state index contributed by atoms with van der Waals surface area (Å²) in [5.41, 5.74) is 1.72. The lowest BCUT2D eigenvalue weighted by Gasteiger charge is -2.24. The van der Waals surface area contributed by atoms with Gasteiger partial charge in [0.15, 0.2) is 11.5 Å². The lowest BCUT2D eigenvalue weighted by atomic mass is 10.2. The molecule has 0 N–H and O–H groups in total. The zero-order valence-corrected chi connectivity index (χ0v) is 14.5. The summed E-state index contributed by atoms with van der Waals surface area (Å²) in [6, 6.07) is 5.81. The van der Waals surface area contributed by atoms with Crippen LogP contribution in [-0.4, -0.2) is 37.4 Å². The van der Waals surface area contributed by atoms with Gasteiger partial charge in [0.25, 0.3) is 0 Å². The topological polar surface area (TPSA) is 73.1 Å². The third-order valence-corrected chi connectivity index (χ3v) is 4.01. The van der Waals surface area contributed by atoms with Crippen molar-refractivity contribution in [3.8, 4) is 0 Å². The van der Waals surface area contributed by atoms with Gasteiger partial charge in [-0.3, -0.25) is 9.58 Å². The molecule has 3 aromatic heterocycles. The highest BCUT2D eigenvalue weighted by Gasteiger charge is 2.19. The minimum absolute atomic E-state index is 0.0507. The molecule has 0 fully saturated rings. The van der Waals surface area contributed by atoms with Gasteiger partial charge in [0, 0.05) is 37.0 Å². The van der Waals surface area contributed by atoms with Crippen molar-refractivity contribution in [2.45, 2.75) is 33.0 Å². The summed E-state index contributed by atoms with van der Waals surface area (Å²) < 4.78 is 12.6. The van der Waals surface area contributed by atoms with Gasteiger partial charge < -0.3 is 9.05 Å². The van der Waals surface area contributed by atoms with E-state index in [0.717, 1.165) is 22.9 Å². The van der Waals surface area contributed by atoms with E-state index in [9.17, 15) is 0 Å². The Labute approximate surface area is 145 Å². The van der Waals surface area contributed by atoms with Crippen LogP contribution in [0.25, 0.3) is 0 Å². The van der Waals surface area contributed by atoms with Crippen LogP contribution in [-0.2, 0) is 13.1 Å². The second-order valence-corrected chi connectivity index (χ2v) is 6.14. The molecule has 3 heterocycles. The van der Waals surface area contributed by atoms with E-state index in [1.165, 1.54) is 0 Å². The van der Waals surface area contributed by atoms with E-state index < -0.39 is 0 Å². The Hall–Kier alpha value is -2.12. The Morgan fingerprint density at radius 3 is 2.17 bits per heavy atom. The summed E-state index contributed by atoms with van der Waals surface area (Å²) in [4.78, 5) is 2.19. The lowest BCUT2D eigenvalue weighted by Crippen LogP contribution is -2.31. The van der Waals surface area contributed by atoms with E-state index in [-0.39, 0.29) is 6.04 Å². The van der Waals surface area contributed by atoms with Crippen LogP contribution in [0.5, 0.6) is 0 Å². The highest BCUT2D eigenvalue weighted by atomic mass is 35.5. The maximum atomic E-state index is 6.16. The Balaban J connectivity index is 1.75. The first-order valence-electron chi connectivity index (χ1n) is 7.76. The van der Waals surface area contributed by atoms with E-state index in [0.29, 0.717) is 25.5 Å². The van der Waals surface area contributed by atoms with Gasteiger partial charge in [0.05, 0.1) is 30.5 Å². The lowest BCUT2D eigenvalue weighted by molar-refractivity contribution is 0.175. The van der Waals surface area contributed by atoms with Crippen molar-refractivity contribution in [3.05, 3.63) is 53.5 Å². The average molecular weight is 350 g/mol. The summed E-state index contributed by atoms with van der Waals surface area (Å²) in [5.74, 6) is 2.07. The first-order chi connectivity index (χ1) is 11.6. The highest BCUT2D eigenvalue weighted by Crippen LogP contribution is 2.17. The predicted octanol–water partition coefficient (Wildman–Crippen LogP) is 2.96. The van der Waals surface area contributed by atoms with Crippen LogP contribution in [0.4, 0.5) is 0 Å². The van der Waals surface area contributed by atoms with Gasteiger partial charge in [0.2, 0.25) is 0 Å². The van der Waals surface area contributed by atoms with Gasteiger partial charge in [-0.05, 0) is 19.9 Å². The Morgan fingerprint density at radius 1 is 1.12 bits per heavy atom. The summed E-state index contributed by atoms with van der Waals surface area (Å²) in [7, 11) is 0. The number of aryl methyl sites for hydroxylation is 2.